The Balaban J connectivity index is 1.47. The largest absolute Gasteiger partial charge is 0.295 e. The molecule has 0 bridgehead atoms. The summed E-state index contributed by atoms with van der Waals surface area (Å²) in [6.45, 7) is 2.56. The lowest BCUT2D eigenvalue weighted by Gasteiger charge is -2.36. The molecule has 140 valence electrons. The number of rotatable bonds is 4. The molecule has 2 aromatic heterocycles. The van der Waals surface area contributed by atoms with E-state index in [1.165, 1.54) is 0 Å². The summed E-state index contributed by atoms with van der Waals surface area (Å²) < 4.78 is 0. The summed E-state index contributed by atoms with van der Waals surface area (Å²) in [6.07, 6.45) is 9.96. The van der Waals surface area contributed by atoms with Crippen molar-refractivity contribution in [1.82, 2.24) is 15.0 Å². The molecular weight excluding hydrogens is 340 g/mol. The summed E-state index contributed by atoms with van der Waals surface area (Å²) in [4.78, 5) is 40.4. The monoisotopic (exact) mass is 364 g/mol. The Labute approximate surface area is 159 Å². The Bertz CT molecular complexity index is 854. The third kappa shape index (κ3) is 3.48. The minimum absolute atomic E-state index is 0.0736. The Morgan fingerprint density at radius 3 is 2.96 bits per heavy atom. The van der Waals surface area contributed by atoms with Crippen LogP contribution in [0.1, 0.15) is 54.7 Å². The number of carbonyl (C=O) groups is 2. The van der Waals surface area contributed by atoms with Crippen molar-refractivity contribution in [1.29, 1.82) is 0 Å². The zero-order chi connectivity index (χ0) is 18.9. The first kappa shape index (κ1) is 17.8. The van der Waals surface area contributed by atoms with E-state index in [1.54, 1.807) is 29.6 Å². The lowest BCUT2D eigenvalue weighted by Crippen LogP contribution is -2.39. The minimum Gasteiger partial charge on any atom is -0.295 e. The normalized spacial score (nSPS) is 25.1. The molecular formula is C21H24N4O2. The number of aryl methyl sites for hydroxylation is 1. The van der Waals surface area contributed by atoms with Crippen LogP contribution in [0.4, 0.5) is 5.82 Å². The maximum absolute atomic E-state index is 13.3. The molecule has 1 amide bonds. The van der Waals surface area contributed by atoms with E-state index < -0.39 is 0 Å². The minimum atomic E-state index is -0.348. The average Bonchev–Trinajstić information content (AvgIpc) is 2.98. The number of Topliss-reactive ketones (excluding diaryl/α,β-unsaturated/α-hetero) is 1. The Kier molecular flexibility index (Phi) is 4.72. The van der Waals surface area contributed by atoms with Crippen molar-refractivity contribution in [2.45, 2.75) is 45.4 Å². The molecule has 3 heterocycles. The third-order valence-electron chi connectivity index (χ3n) is 5.90. The number of carbonyl (C=O) groups excluding carboxylic acids is 2. The standard InChI is InChI=1S/C21H24N4O2/c1-15-13-22-14-19(24-15)25-10-8-21(20(25)27)7-4-5-16(12-21)11-18(26)17-6-2-3-9-23-17/h2-3,6,9,13-14,16H,4-5,7-8,10-12H2,1H3/t16-,21+/m1/s1. The fourth-order valence-corrected chi connectivity index (χ4v) is 4.60. The molecule has 27 heavy (non-hydrogen) atoms. The Morgan fingerprint density at radius 2 is 2.19 bits per heavy atom. The van der Waals surface area contributed by atoms with Crippen LogP contribution in [0.15, 0.2) is 36.8 Å². The molecule has 6 nitrogen and oxygen atoms in total. The van der Waals surface area contributed by atoms with Gasteiger partial charge in [-0.05, 0) is 50.7 Å². The molecule has 0 radical (unpaired) electrons. The SMILES string of the molecule is Cc1cncc(N2CC[C@]3(CCC[C@H](CC(=O)c4ccccn4)C3)C2=O)n1. The molecule has 0 aromatic carbocycles. The van der Waals surface area contributed by atoms with Crippen LogP contribution in [0.2, 0.25) is 0 Å². The second-order valence-corrected chi connectivity index (χ2v) is 7.81. The molecule has 1 spiro atoms. The van der Waals surface area contributed by atoms with Crippen molar-refractivity contribution in [3.63, 3.8) is 0 Å². The quantitative estimate of drug-likeness (QED) is 0.778. The van der Waals surface area contributed by atoms with Crippen molar-refractivity contribution in [2.75, 3.05) is 11.4 Å². The molecule has 1 saturated heterocycles. The van der Waals surface area contributed by atoms with E-state index in [2.05, 4.69) is 15.0 Å². The molecule has 1 aliphatic carbocycles. The highest BCUT2D eigenvalue weighted by Gasteiger charge is 2.49. The van der Waals surface area contributed by atoms with Crippen molar-refractivity contribution < 1.29 is 9.59 Å². The number of hydrogen-bond donors (Lipinski definition) is 0. The lowest BCUT2D eigenvalue weighted by atomic mass is 9.67. The number of anilines is 1. The van der Waals surface area contributed by atoms with Gasteiger partial charge in [-0.3, -0.25) is 24.5 Å². The summed E-state index contributed by atoms with van der Waals surface area (Å²) in [5.41, 5.74) is 0.980. The topological polar surface area (TPSA) is 76.1 Å². The average molecular weight is 364 g/mol. The highest BCUT2D eigenvalue weighted by Crippen LogP contribution is 2.48. The highest BCUT2D eigenvalue weighted by molar-refractivity contribution is 5.99. The van der Waals surface area contributed by atoms with Crippen LogP contribution in [0.3, 0.4) is 0 Å². The van der Waals surface area contributed by atoms with E-state index in [4.69, 9.17) is 0 Å². The molecule has 4 rings (SSSR count). The molecule has 1 aliphatic heterocycles. The fraction of sp³-hybridized carbons (Fsp3) is 0.476. The van der Waals surface area contributed by atoms with Crippen molar-refractivity contribution in [3.8, 4) is 0 Å². The molecule has 0 N–H and O–H groups in total. The van der Waals surface area contributed by atoms with Gasteiger partial charge in [-0.25, -0.2) is 4.98 Å². The van der Waals surface area contributed by atoms with Crippen molar-refractivity contribution in [2.24, 2.45) is 11.3 Å². The molecule has 2 atom stereocenters. The highest BCUT2D eigenvalue weighted by atomic mass is 16.2. The Hall–Kier alpha value is -2.63. The number of aromatic nitrogens is 3. The smallest absolute Gasteiger partial charge is 0.234 e. The van der Waals surface area contributed by atoms with Crippen LogP contribution in [-0.4, -0.2) is 33.2 Å². The predicted molar refractivity (Wildman–Crippen MR) is 101 cm³/mol. The van der Waals surface area contributed by atoms with Gasteiger partial charge in [0.05, 0.1) is 17.3 Å². The maximum atomic E-state index is 13.3. The van der Waals surface area contributed by atoms with Crippen LogP contribution >= 0.6 is 0 Å². The van der Waals surface area contributed by atoms with Gasteiger partial charge >= 0.3 is 0 Å². The van der Waals surface area contributed by atoms with Gasteiger partial charge in [-0.15, -0.1) is 0 Å². The summed E-state index contributed by atoms with van der Waals surface area (Å²) in [6, 6.07) is 5.41. The predicted octanol–water partition coefficient (Wildman–Crippen LogP) is 3.37. The maximum Gasteiger partial charge on any atom is 0.234 e. The van der Waals surface area contributed by atoms with Gasteiger partial charge in [0.2, 0.25) is 5.91 Å². The number of ketones is 1. The van der Waals surface area contributed by atoms with E-state index >= 15 is 0 Å². The van der Waals surface area contributed by atoms with E-state index in [1.807, 2.05) is 19.1 Å². The van der Waals surface area contributed by atoms with Crippen LogP contribution in [0.25, 0.3) is 0 Å². The zero-order valence-corrected chi connectivity index (χ0v) is 15.6. The van der Waals surface area contributed by atoms with E-state index in [0.29, 0.717) is 24.5 Å². The van der Waals surface area contributed by atoms with Gasteiger partial charge in [-0.2, -0.15) is 0 Å². The summed E-state index contributed by atoms with van der Waals surface area (Å²) >= 11 is 0. The van der Waals surface area contributed by atoms with Crippen LogP contribution in [0.5, 0.6) is 0 Å². The van der Waals surface area contributed by atoms with Crippen LogP contribution < -0.4 is 4.90 Å². The zero-order valence-electron chi connectivity index (χ0n) is 15.6. The van der Waals surface area contributed by atoms with E-state index in [0.717, 1.165) is 37.8 Å². The third-order valence-corrected chi connectivity index (χ3v) is 5.90. The number of hydrogen-bond acceptors (Lipinski definition) is 5. The number of amides is 1. The van der Waals surface area contributed by atoms with Gasteiger partial charge < -0.3 is 0 Å². The second kappa shape index (κ2) is 7.18. The molecule has 2 fully saturated rings. The number of nitrogens with zero attached hydrogens (tertiary/aromatic N) is 4. The number of pyridine rings is 1. The van der Waals surface area contributed by atoms with E-state index in [-0.39, 0.29) is 23.0 Å². The molecule has 0 unspecified atom stereocenters. The van der Waals surface area contributed by atoms with Crippen LogP contribution in [0, 0.1) is 18.3 Å². The lowest BCUT2D eigenvalue weighted by molar-refractivity contribution is -0.128. The molecule has 2 aliphatic rings. The van der Waals surface area contributed by atoms with Crippen LogP contribution in [-0.2, 0) is 4.79 Å². The van der Waals surface area contributed by atoms with Crippen molar-refractivity contribution >= 4 is 17.5 Å². The van der Waals surface area contributed by atoms with Gasteiger partial charge in [-0.1, -0.05) is 12.5 Å². The van der Waals surface area contributed by atoms with Crippen molar-refractivity contribution in [3.05, 3.63) is 48.2 Å². The van der Waals surface area contributed by atoms with Gasteiger partial charge in [0.1, 0.15) is 5.69 Å². The van der Waals surface area contributed by atoms with E-state index in [9.17, 15) is 9.59 Å². The second-order valence-electron chi connectivity index (χ2n) is 7.81. The summed E-state index contributed by atoms with van der Waals surface area (Å²) in [5, 5.41) is 0. The summed E-state index contributed by atoms with van der Waals surface area (Å²) in [7, 11) is 0. The first-order chi connectivity index (χ1) is 13.1. The molecule has 6 heteroatoms. The van der Waals surface area contributed by atoms with Gasteiger partial charge in [0, 0.05) is 25.4 Å². The fourth-order valence-electron chi connectivity index (χ4n) is 4.60. The van der Waals surface area contributed by atoms with Gasteiger partial charge in [0.25, 0.3) is 0 Å². The molecule has 1 saturated carbocycles. The first-order valence-electron chi connectivity index (χ1n) is 9.62. The summed E-state index contributed by atoms with van der Waals surface area (Å²) in [5.74, 6) is 1.10. The Morgan fingerprint density at radius 1 is 1.30 bits per heavy atom. The first-order valence-corrected chi connectivity index (χ1v) is 9.62. The molecule has 2 aromatic rings. The van der Waals surface area contributed by atoms with Gasteiger partial charge in [0.15, 0.2) is 11.6 Å².